The lowest BCUT2D eigenvalue weighted by Crippen LogP contribution is -2.18. The smallest absolute Gasteiger partial charge is 0.243 e. The Morgan fingerprint density at radius 1 is 1.05 bits per heavy atom. The third-order valence-electron chi connectivity index (χ3n) is 3.30. The van der Waals surface area contributed by atoms with E-state index >= 15 is 0 Å². The number of carbonyl (C=O) groups is 1. The maximum Gasteiger partial charge on any atom is 0.243 e. The molecule has 106 valence electrons. The fraction of sp³-hybridized carbons (Fsp3) is 0.176. The van der Waals surface area contributed by atoms with Gasteiger partial charge in [0.15, 0.2) is 0 Å². The number of hydrogen-bond acceptors (Lipinski definition) is 3. The van der Waals surface area contributed by atoms with E-state index in [1.807, 2.05) is 36.4 Å². The second-order valence-electron chi connectivity index (χ2n) is 4.77. The van der Waals surface area contributed by atoms with Gasteiger partial charge in [-0.2, -0.15) is 5.26 Å². The molecule has 2 aromatic carbocycles. The highest BCUT2D eigenvalue weighted by Gasteiger charge is 2.01. The molecule has 0 bridgehead atoms. The molecule has 0 fully saturated rings. The van der Waals surface area contributed by atoms with Gasteiger partial charge in [-0.05, 0) is 41.7 Å². The molecule has 0 unspecified atom stereocenters. The van der Waals surface area contributed by atoms with Crippen molar-refractivity contribution >= 4 is 5.91 Å². The van der Waals surface area contributed by atoms with Crippen LogP contribution in [0.1, 0.15) is 24.0 Å². The summed E-state index contributed by atoms with van der Waals surface area (Å²) >= 11 is 0. The van der Waals surface area contributed by atoms with Crippen molar-refractivity contribution in [3.63, 3.8) is 0 Å². The Bertz CT molecular complexity index is 640. The minimum Gasteiger partial charge on any atom is -0.289 e. The van der Waals surface area contributed by atoms with E-state index in [4.69, 9.17) is 10.5 Å². The summed E-state index contributed by atoms with van der Waals surface area (Å²) < 4.78 is 0. The Labute approximate surface area is 123 Å². The van der Waals surface area contributed by atoms with E-state index in [1.54, 1.807) is 17.6 Å². The summed E-state index contributed by atoms with van der Waals surface area (Å²) in [4.78, 5) is 10.9. The maximum absolute atomic E-state index is 10.9. The first-order chi connectivity index (χ1) is 10.2. The molecular weight excluding hydrogens is 264 g/mol. The number of nitrogens with one attached hydrogen (secondary N) is 1. The van der Waals surface area contributed by atoms with Crippen LogP contribution in [0.5, 0.6) is 0 Å². The number of amides is 1. The van der Waals surface area contributed by atoms with Gasteiger partial charge < -0.3 is 0 Å². The zero-order valence-electron chi connectivity index (χ0n) is 11.5. The standard InChI is InChI=1S/C17H16N2O2/c18-12-14-6-10-16(11-7-14)15-8-4-13(5-9-15)2-1-3-17(20)19-21/h4-11,21H,1-3H2,(H,19,20). The monoisotopic (exact) mass is 280 g/mol. The molecule has 0 aromatic heterocycles. The molecule has 1 amide bonds. The average Bonchev–Trinajstić information content (AvgIpc) is 2.55. The molecule has 21 heavy (non-hydrogen) atoms. The second-order valence-corrected chi connectivity index (χ2v) is 4.77. The predicted molar refractivity (Wildman–Crippen MR) is 79.5 cm³/mol. The molecule has 0 saturated heterocycles. The van der Waals surface area contributed by atoms with Gasteiger partial charge in [0.2, 0.25) is 5.91 Å². The highest BCUT2D eigenvalue weighted by atomic mass is 16.5. The van der Waals surface area contributed by atoms with E-state index in [0.717, 1.165) is 23.1 Å². The fourth-order valence-electron chi connectivity index (χ4n) is 2.11. The minimum absolute atomic E-state index is 0.313. The van der Waals surface area contributed by atoms with E-state index in [1.165, 1.54) is 0 Å². The summed E-state index contributed by atoms with van der Waals surface area (Å²) in [7, 11) is 0. The Hall–Kier alpha value is -2.64. The Kier molecular flexibility index (Phi) is 5.08. The number of carbonyl (C=O) groups excluding carboxylic acids is 1. The van der Waals surface area contributed by atoms with Crippen LogP contribution >= 0.6 is 0 Å². The number of benzene rings is 2. The maximum atomic E-state index is 10.9. The SMILES string of the molecule is N#Cc1ccc(-c2ccc(CCCC(=O)NO)cc2)cc1. The van der Waals surface area contributed by atoms with E-state index < -0.39 is 0 Å². The molecule has 2 rings (SSSR count). The van der Waals surface area contributed by atoms with Crippen molar-refractivity contribution in [2.24, 2.45) is 0 Å². The average molecular weight is 280 g/mol. The first kappa shape index (κ1) is 14.8. The van der Waals surface area contributed by atoms with Crippen LogP contribution in [-0.4, -0.2) is 11.1 Å². The number of hydrogen-bond donors (Lipinski definition) is 2. The molecule has 0 aliphatic rings. The van der Waals surface area contributed by atoms with Gasteiger partial charge in [0, 0.05) is 6.42 Å². The van der Waals surface area contributed by atoms with Gasteiger partial charge in [0.1, 0.15) is 0 Å². The van der Waals surface area contributed by atoms with Crippen molar-refractivity contribution in [2.75, 3.05) is 0 Å². The van der Waals surface area contributed by atoms with Gasteiger partial charge in [0.05, 0.1) is 11.6 Å². The molecule has 0 radical (unpaired) electrons. The molecule has 4 heteroatoms. The summed E-state index contributed by atoms with van der Waals surface area (Å²) in [6.45, 7) is 0. The van der Waals surface area contributed by atoms with E-state index in [-0.39, 0.29) is 5.91 Å². The Morgan fingerprint density at radius 3 is 2.14 bits per heavy atom. The molecule has 2 aromatic rings. The van der Waals surface area contributed by atoms with Crippen LogP contribution in [0.3, 0.4) is 0 Å². The minimum atomic E-state index is -0.357. The highest BCUT2D eigenvalue weighted by molar-refractivity contribution is 5.74. The van der Waals surface area contributed by atoms with Crippen molar-refractivity contribution in [2.45, 2.75) is 19.3 Å². The summed E-state index contributed by atoms with van der Waals surface area (Å²) in [5, 5.41) is 17.2. The first-order valence-corrected chi connectivity index (χ1v) is 6.75. The third-order valence-corrected chi connectivity index (χ3v) is 3.30. The summed E-state index contributed by atoms with van der Waals surface area (Å²) in [5.41, 5.74) is 5.59. The van der Waals surface area contributed by atoms with Gasteiger partial charge in [-0.3, -0.25) is 10.0 Å². The van der Waals surface area contributed by atoms with Crippen LogP contribution in [0.15, 0.2) is 48.5 Å². The van der Waals surface area contributed by atoms with Gasteiger partial charge in [-0.1, -0.05) is 36.4 Å². The second kappa shape index (κ2) is 7.22. The zero-order valence-corrected chi connectivity index (χ0v) is 11.5. The number of rotatable bonds is 5. The number of nitrogens with zero attached hydrogens (tertiary/aromatic N) is 1. The molecule has 4 nitrogen and oxygen atoms in total. The quantitative estimate of drug-likeness (QED) is 0.653. The van der Waals surface area contributed by atoms with Crippen LogP contribution in [0.2, 0.25) is 0 Å². The largest absolute Gasteiger partial charge is 0.289 e. The van der Waals surface area contributed by atoms with Crippen LogP contribution in [0, 0.1) is 11.3 Å². The van der Waals surface area contributed by atoms with Crippen molar-refractivity contribution in [1.29, 1.82) is 5.26 Å². The van der Waals surface area contributed by atoms with Gasteiger partial charge in [0.25, 0.3) is 0 Å². The molecule has 0 aliphatic heterocycles. The lowest BCUT2D eigenvalue weighted by molar-refractivity contribution is -0.129. The van der Waals surface area contributed by atoms with Crippen molar-refractivity contribution in [3.8, 4) is 17.2 Å². The molecule has 0 aliphatic carbocycles. The summed E-state index contributed by atoms with van der Waals surface area (Å²) in [5.74, 6) is -0.357. The number of aryl methyl sites for hydroxylation is 1. The van der Waals surface area contributed by atoms with Gasteiger partial charge in [-0.15, -0.1) is 0 Å². The summed E-state index contributed by atoms with van der Waals surface area (Å²) in [6.07, 6.45) is 1.80. The third kappa shape index (κ3) is 4.16. The summed E-state index contributed by atoms with van der Waals surface area (Å²) in [6, 6.07) is 17.7. The van der Waals surface area contributed by atoms with Crippen LogP contribution in [-0.2, 0) is 11.2 Å². The molecule has 0 atom stereocenters. The Morgan fingerprint density at radius 2 is 1.62 bits per heavy atom. The Balaban J connectivity index is 1.98. The molecule has 0 heterocycles. The zero-order chi connectivity index (χ0) is 15.1. The van der Waals surface area contributed by atoms with Crippen LogP contribution < -0.4 is 5.48 Å². The van der Waals surface area contributed by atoms with Crippen LogP contribution in [0.25, 0.3) is 11.1 Å². The number of hydroxylamine groups is 1. The van der Waals surface area contributed by atoms with E-state index in [9.17, 15) is 4.79 Å². The fourth-order valence-corrected chi connectivity index (χ4v) is 2.11. The highest BCUT2D eigenvalue weighted by Crippen LogP contribution is 2.20. The normalized spacial score (nSPS) is 9.90. The topological polar surface area (TPSA) is 73.1 Å². The van der Waals surface area contributed by atoms with Gasteiger partial charge >= 0.3 is 0 Å². The van der Waals surface area contributed by atoms with Crippen molar-refractivity contribution in [1.82, 2.24) is 5.48 Å². The first-order valence-electron chi connectivity index (χ1n) is 6.75. The molecule has 2 N–H and O–H groups in total. The molecular formula is C17H16N2O2. The van der Waals surface area contributed by atoms with E-state index in [0.29, 0.717) is 18.4 Å². The molecule has 0 saturated carbocycles. The lowest BCUT2D eigenvalue weighted by Gasteiger charge is -2.05. The molecule has 0 spiro atoms. The van der Waals surface area contributed by atoms with Crippen molar-refractivity contribution in [3.05, 3.63) is 59.7 Å². The predicted octanol–water partition coefficient (Wildman–Crippen LogP) is 3.05. The van der Waals surface area contributed by atoms with Gasteiger partial charge in [-0.25, -0.2) is 5.48 Å². The lowest BCUT2D eigenvalue weighted by atomic mass is 10.0. The van der Waals surface area contributed by atoms with Crippen molar-refractivity contribution < 1.29 is 10.0 Å². The van der Waals surface area contributed by atoms with E-state index in [2.05, 4.69) is 6.07 Å². The number of nitriles is 1. The van der Waals surface area contributed by atoms with Crippen LogP contribution in [0.4, 0.5) is 0 Å².